The number of cyclic esters (lactones) is 1. The zero-order valence-electron chi connectivity index (χ0n) is 6.12. The molecule has 1 aliphatic heterocycles. The molecule has 1 amide bonds. The molecule has 0 aromatic carbocycles. The first-order valence-corrected chi connectivity index (χ1v) is 4.92. The lowest BCUT2D eigenvalue weighted by atomic mass is 10.2. The molecular weight excluding hydrogens is 257 g/mol. The minimum absolute atomic E-state index is 0.203. The largest absolute Gasteiger partial charge is 0.447 e. The van der Waals surface area contributed by atoms with Gasteiger partial charge in [-0.3, -0.25) is 4.90 Å². The Morgan fingerprint density at radius 1 is 1.91 bits per heavy atom. The smallest absolute Gasteiger partial charge is 0.410 e. The number of carbonyl (C=O) groups is 1. The van der Waals surface area contributed by atoms with Crippen molar-refractivity contribution in [2.75, 3.05) is 11.2 Å². The molecule has 1 fully saturated rings. The molecule has 0 aliphatic carbocycles. The van der Waals surface area contributed by atoms with Gasteiger partial charge in [0.1, 0.15) is 6.61 Å². The van der Waals surface area contributed by atoms with Gasteiger partial charge in [-0.15, -0.1) is 6.58 Å². The van der Waals surface area contributed by atoms with Crippen LogP contribution in [0.3, 0.4) is 0 Å². The third-order valence-corrected chi connectivity index (χ3v) is 2.38. The normalized spacial score (nSPS) is 23.5. The van der Waals surface area contributed by atoms with Gasteiger partial charge < -0.3 is 4.74 Å². The van der Waals surface area contributed by atoms with Gasteiger partial charge in [-0.05, 0) is 6.42 Å². The summed E-state index contributed by atoms with van der Waals surface area (Å²) < 4.78 is 5.55. The quantitative estimate of drug-likeness (QED) is 0.337. The number of nitrogens with zero attached hydrogens (tertiary/aromatic N) is 1. The molecule has 11 heavy (non-hydrogen) atoms. The van der Waals surface area contributed by atoms with Crippen molar-refractivity contribution < 1.29 is 9.53 Å². The monoisotopic (exact) mass is 267 g/mol. The Kier molecular flexibility index (Phi) is 3.16. The fourth-order valence-electron chi connectivity index (χ4n) is 1.02. The van der Waals surface area contributed by atoms with Crippen LogP contribution in [0.4, 0.5) is 4.79 Å². The van der Waals surface area contributed by atoms with Crippen LogP contribution in [0.1, 0.15) is 6.42 Å². The summed E-state index contributed by atoms with van der Waals surface area (Å²) in [5, 5.41) is 0. The van der Waals surface area contributed by atoms with Crippen molar-refractivity contribution in [3.05, 3.63) is 12.7 Å². The summed E-state index contributed by atoms with van der Waals surface area (Å²) in [6, 6.07) is 0.205. The molecule has 1 atom stereocenters. The van der Waals surface area contributed by atoms with Gasteiger partial charge in [0.25, 0.3) is 0 Å². The fraction of sp³-hybridized carbons (Fsp3) is 0.571. The van der Waals surface area contributed by atoms with E-state index in [0.717, 1.165) is 6.42 Å². The van der Waals surface area contributed by atoms with E-state index in [1.807, 2.05) is 6.08 Å². The number of carbonyl (C=O) groups excluding carboxylic acids is 1. The third-order valence-electron chi connectivity index (χ3n) is 1.64. The van der Waals surface area contributed by atoms with Crippen LogP contribution in [0, 0.1) is 0 Å². The van der Waals surface area contributed by atoms with Crippen LogP contribution in [0.2, 0.25) is 0 Å². The Bertz CT molecular complexity index is 172. The first-order chi connectivity index (χ1) is 5.29. The highest BCUT2D eigenvalue weighted by Crippen LogP contribution is 2.16. The molecule has 0 aromatic heterocycles. The van der Waals surface area contributed by atoms with Crippen molar-refractivity contribution in [2.24, 2.45) is 0 Å². The van der Waals surface area contributed by atoms with Crippen molar-refractivity contribution in [2.45, 2.75) is 12.5 Å². The summed E-state index contributed by atoms with van der Waals surface area (Å²) in [6.45, 7) is 4.13. The van der Waals surface area contributed by atoms with Crippen LogP contribution in [0.15, 0.2) is 12.7 Å². The van der Waals surface area contributed by atoms with Crippen molar-refractivity contribution in [1.29, 1.82) is 0 Å². The van der Waals surface area contributed by atoms with E-state index in [1.165, 1.54) is 0 Å². The number of amides is 1. The Morgan fingerprint density at radius 3 is 3.18 bits per heavy atom. The maximum Gasteiger partial charge on any atom is 0.410 e. The SMILES string of the molecule is C=CCC1COC(=O)N1CI. The lowest BCUT2D eigenvalue weighted by Crippen LogP contribution is -2.31. The predicted molar refractivity (Wildman–Crippen MR) is 50.7 cm³/mol. The van der Waals surface area contributed by atoms with Crippen LogP contribution in [0.5, 0.6) is 0 Å². The topological polar surface area (TPSA) is 29.5 Å². The van der Waals surface area contributed by atoms with Gasteiger partial charge in [0.2, 0.25) is 0 Å². The van der Waals surface area contributed by atoms with E-state index in [4.69, 9.17) is 4.74 Å². The van der Waals surface area contributed by atoms with Crippen LogP contribution in [-0.4, -0.2) is 28.2 Å². The van der Waals surface area contributed by atoms with Gasteiger partial charge in [-0.25, -0.2) is 4.79 Å². The zero-order chi connectivity index (χ0) is 8.27. The predicted octanol–water partition coefficient (Wildman–Crippen LogP) is 1.78. The molecule has 1 saturated heterocycles. The molecule has 62 valence electrons. The van der Waals surface area contributed by atoms with Crippen LogP contribution in [-0.2, 0) is 4.74 Å². The van der Waals surface area contributed by atoms with Crippen LogP contribution >= 0.6 is 22.6 Å². The van der Waals surface area contributed by atoms with E-state index >= 15 is 0 Å². The van der Waals surface area contributed by atoms with Gasteiger partial charge in [-0.1, -0.05) is 28.7 Å². The number of halogens is 1. The summed E-state index contributed by atoms with van der Waals surface area (Å²) in [5.41, 5.74) is 0. The summed E-state index contributed by atoms with van der Waals surface area (Å²) in [4.78, 5) is 12.7. The first kappa shape index (κ1) is 8.83. The summed E-state index contributed by atoms with van der Waals surface area (Å²) in [6.07, 6.45) is 2.42. The van der Waals surface area contributed by atoms with E-state index in [1.54, 1.807) is 4.90 Å². The Hall–Kier alpha value is -0.260. The average Bonchev–Trinajstić information content (AvgIpc) is 2.33. The lowest BCUT2D eigenvalue weighted by Gasteiger charge is -2.16. The molecule has 3 nitrogen and oxygen atoms in total. The highest BCUT2D eigenvalue weighted by molar-refractivity contribution is 14.1. The van der Waals surface area contributed by atoms with Gasteiger partial charge >= 0.3 is 6.09 Å². The molecule has 0 aromatic rings. The number of alkyl halides is 1. The van der Waals surface area contributed by atoms with Gasteiger partial charge in [0.05, 0.1) is 10.6 Å². The minimum Gasteiger partial charge on any atom is -0.447 e. The Morgan fingerprint density at radius 2 is 2.64 bits per heavy atom. The molecule has 1 unspecified atom stereocenters. The second-order valence-electron chi connectivity index (χ2n) is 2.34. The number of rotatable bonds is 3. The summed E-state index contributed by atoms with van der Waals surface area (Å²) in [7, 11) is 0. The second kappa shape index (κ2) is 3.94. The van der Waals surface area contributed by atoms with Gasteiger partial charge in [-0.2, -0.15) is 0 Å². The van der Waals surface area contributed by atoms with Gasteiger partial charge in [0, 0.05) is 0 Å². The number of ether oxygens (including phenoxy) is 1. The molecule has 1 rings (SSSR count). The zero-order valence-corrected chi connectivity index (χ0v) is 8.28. The van der Waals surface area contributed by atoms with Crippen molar-refractivity contribution in [1.82, 2.24) is 4.90 Å². The lowest BCUT2D eigenvalue weighted by molar-refractivity contribution is 0.162. The summed E-state index contributed by atoms with van der Waals surface area (Å²) >= 11 is 2.15. The molecule has 0 saturated carbocycles. The van der Waals surface area contributed by atoms with E-state index in [-0.39, 0.29) is 12.1 Å². The van der Waals surface area contributed by atoms with E-state index < -0.39 is 0 Å². The maximum absolute atomic E-state index is 11.0. The Balaban J connectivity index is 2.53. The van der Waals surface area contributed by atoms with E-state index in [9.17, 15) is 4.79 Å². The standard InChI is InChI=1S/C7H10INO2/c1-2-3-6-4-11-7(10)9(6)5-8/h2,6H,1,3-5H2. The average molecular weight is 267 g/mol. The van der Waals surface area contributed by atoms with Crippen molar-refractivity contribution >= 4 is 28.7 Å². The Labute approximate surface area is 79.5 Å². The second-order valence-corrected chi connectivity index (χ2v) is 3.03. The molecule has 0 N–H and O–H groups in total. The molecule has 1 heterocycles. The van der Waals surface area contributed by atoms with E-state index in [0.29, 0.717) is 11.2 Å². The third kappa shape index (κ3) is 1.85. The molecule has 1 aliphatic rings. The van der Waals surface area contributed by atoms with E-state index in [2.05, 4.69) is 29.2 Å². The number of hydrogen-bond donors (Lipinski definition) is 0. The van der Waals surface area contributed by atoms with Crippen LogP contribution < -0.4 is 0 Å². The summed E-state index contributed by atoms with van der Waals surface area (Å²) in [5.74, 6) is 0. The molecule has 4 heteroatoms. The van der Waals surface area contributed by atoms with Crippen molar-refractivity contribution in [3.8, 4) is 0 Å². The van der Waals surface area contributed by atoms with Crippen molar-refractivity contribution in [3.63, 3.8) is 0 Å². The van der Waals surface area contributed by atoms with Crippen LogP contribution in [0.25, 0.3) is 0 Å². The minimum atomic E-state index is -0.203. The molecule has 0 spiro atoms. The molecular formula is C7H10INO2. The highest BCUT2D eigenvalue weighted by Gasteiger charge is 2.30. The molecule has 0 radical (unpaired) electrons. The number of hydrogen-bond acceptors (Lipinski definition) is 2. The van der Waals surface area contributed by atoms with Gasteiger partial charge in [0.15, 0.2) is 0 Å². The maximum atomic E-state index is 11.0. The highest BCUT2D eigenvalue weighted by atomic mass is 127. The first-order valence-electron chi connectivity index (χ1n) is 3.40. The fourth-order valence-corrected chi connectivity index (χ4v) is 1.86. The molecule has 0 bridgehead atoms.